The molecule has 0 saturated heterocycles. The molecule has 2 aromatic rings. The first-order chi connectivity index (χ1) is 9.98. The average molecular weight is 371 g/mol. The van der Waals surface area contributed by atoms with Gasteiger partial charge in [0.15, 0.2) is 0 Å². The lowest BCUT2D eigenvalue weighted by atomic mass is 10.3. The lowest BCUT2D eigenvalue weighted by Crippen LogP contribution is -2.32. The van der Waals surface area contributed by atoms with Gasteiger partial charge in [-0.25, -0.2) is 8.42 Å². The van der Waals surface area contributed by atoms with Gasteiger partial charge in [-0.2, -0.15) is 4.31 Å². The van der Waals surface area contributed by atoms with Gasteiger partial charge in [-0.05, 0) is 59.1 Å². The maximum Gasteiger partial charge on any atom is 0.243 e. The molecule has 0 spiro atoms. The topological polar surface area (TPSA) is 76.5 Å². The predicted octanol–water partition coefficient (Wildman–Crippen LogP) is 2.98. The van der Waals surface area contributed by atoms with Crippen molar-refractivity contribution in [3.05, 3.63) is 46.8 Å². The first-order valence-corrected chi connectivity index (χ1v) is 8.81. The summed E-state index contributed by atoms with van der Waals surface area (Å²) in [5.74, 6) is 0.639. The molecule has 0 unspecified atom stereocenters. The van der Waals surface area contributed by atoms with E-state index in [0.29, 0.717) is 15.9 Å². The van der Waals surface area contributed by atoms with E-state index in [9.17, 15) is 8.42 Å². The van der Waals surface area contributed by atoms with Crippen molar-refractivity contribution in [2.45, 2.75) is 30.3 Å². The third-order valence-electron chi connectivity index (χ3n) is 3.42. The maximum absolute atomic E-state index is 12.8. The molecule has 1 aliphatic carbocycles. The van der Waals surface area contributed by atoms with Gasteiger partial charge in [0.1, 0.15) is 5.76 Å². The third kappa shape index (κ3) is 3.00. The highest BCUT2D eigenvalue weighted by atomic mass is 79.9. The smallest absolute Gasteiger partial charge is 0.243 e. The molecule has 1 saturated carbocycles. The number of furan rings is 1. The van der Waals surface area contributed by atoms with Crippen molar-refractivity contribution in [1.82, 2.24) is 4.31 Å². The summed E-state index contributed by atoms with van der Waals surface area (Å²) < 4.78 is 33.0. The summed E-state index contributed by atoms with van der Waals surface area (Å²) in [5, 5.41) is 0. The number of halogens is 1. The minimum absolute atomic E-state index is 0.0522. The SMILES string of the molecule is Nc1ccc(S(=O)(=O)N(Cc2ccco2)C2CC2)cc1Br. The highest BCUT2D eigenvalue weighted by Crippen LogP contribution is 2.34. The van der Waals surface area contributed by atoms with E-state index in [2.05, 4.69) is 15.9 Å². The Morgan fingerprint density at radius 2 is 2.10 bits per heavy atom. The molecule has 1 heterocycles. The Labute approximate surface area is 131 Å². The molecule has 1 aliphatic rings. The molecule has 0 atom stereocenters. The Kier molecular flexibility index (Phi) is 3.81. The molecule has 0 radical (unpaired) electrons. The van der Waals surface area contributed by atoms with Gasteiger partial charge in [0, 0.05) is 16.2 Å². The summed E-state index contributed by atoms with van der Waals surface area (Å²) >= 11 is 3.27. The first-order valence-electron chi connectivity index (χ1n) is 6.58. The number of hydrogen-bond donors (Lipinski definition) is 1. The van der Waals surface area contributed by atoms with Crippen molar-refractivity contribution >= 4 is 31.6 Å². The van der Waals surface area contributed by atoms with Gasteiger partial charge in [0.25, 0.3) is 0 Å². The van der Waals surface area contributed by atoms with Crippen LogP contribution in [0.15, 0.2) is 50.4 Å². The van der Waals surface area contributed by atoms with Crippen LogP contribution >= 0.6 is 15.9 Å². The van der Waals surface area contributed by atoms with Crippen LogP contribution in [-0.2, 0) is 16.6 Å². The molecule has 112 valence electrons. The van der Waals surface area contributed by atoms with Crippen LogP contribution in [0.4, 0.5) is 5.69 Å². The summed E-state index contributed by atoms with van der Waals surface area (Å²) in [6.45, 7) is 0.252. The predicted molar refractivity (Wildman–Crippen MR) is 83.0 cm³/mol. The van der Waals surface area contributed by atoms with Gasteiger partial charge in [-0.3, -0.25) is 0 Å². The fraction of sp³-hybridized carbons (Fsp3) is 0.286. The van der Waals surface area contributed by atoms with E-state index in [4.69, 9.17) is 10.2 Å². The Bertz CT molecular complexity index is 740. The van der Waals surface area contributed by atoms with Crippen LogP contribution in [0.5, 0.6) is 0 Å². The van der Waals surface area contributed by atoms with Crippen LogP contribution in [0.25, 0.3) is 0 Å². The van der Waals surface area contributed by atoms with E-state index >= 15 is 0 Å². The van der Waals surface area contributed by atoms with Gasteiger partial charge in [0.2, 0.25) is 10.0 Å². The van der Waals surface area contributed by atoms with Crippen molar-refractivity contribution < 1.29 is 12.8 Å². The number of hydrogen-bond acceptors (Lipinski definition) is 4. The fourth-order valence-electron chi connectivity index (χ4n) is 2.13. The lowest BCUT2D eigenvalue weighted by Gasteiger charge is -2.21. The van der Waals surface area contributed by atoms with Crippen LogP contribution in [-0.4, -0.2) is 18.8 Å². The van der Waals surface area contributed by atoms with Gasteiger partial charge in [0.05, 0.1) is 17.7 Å². The van der Waals surface area contributed by atoms with Crippen molar-refractivity contribution in [3.8, 4) is 0 Å². The summed E-state index contributed by atoms with van der Waals surface area (Å²) in [4.78, 5) is 0.238. The zero-order valence-corrected chi connectivity index (χ0v) is 13.6. The second kappa shape index (κ2) is 5.47. The van der Waals surface area contributed by atoms with Gasteiger partial charge in [-0.15, -0.1) is 0 Å². The second-order valence-corrected chi connectivity index (χ2v) is 7.79. The van der Waals surface area contributed by atoms with Crippen LogP contribution < -0.4 is 5.73 Å². The zero-order chi connectivity index (χ0) is 15.0. The van der Waals surface area contributed by atoms with E-state index < -0.39 is 10.0 Å². The molecule has 7 heteroatoms. The molecule has 5 nitrogen and oxygen atoms in total. The molecule has 0 bridgehead atoms. The van der Waals surface area contributed by atoms with Crippen molar-refractivity contribution in [2.75, 3.05) is 5.73 Å². The van der Waals surface area contributed by atoms with Gasteiger partial charge >= 0.3 is 0 Å². The fourth-order valence-corrected chi connectivity index (χ4v) is 4.34. The molecule has 2 N–H and O–H groups in total. The van der Waals surface area contributed by atoms with E-state index in [-0.39, 0.29) is 17.5 Å². The largest absolute Gasteiger partial charge is 0.468 e. The van der Waals surface area contributed by atoms with E-state index in [1.807, 2.05) is 0 Å². The summed E-state index contributed by atoms with van der Waals surface area (Å²) in [7, 11) is -3.57. The van der Waals surface area contributed by atoms with Gasteiger partial charge < -0.3 is 10.2 Å². The molecule has 21 heavy (non-hydrogen) atoms. The molecule has 0 amide bonds. The molecule has 0 aliphatic heterocycles. The number of benzene rings is 1. The Morgan fingerprint density at radius 3 is 2.67 bits per heavy atom. The van der Waals surface area contributed by atoms with Crippen molar-refractivity contribution in [2.24, 2.45) is 0 Å². The van der Waals surface area contributed by atoms with E-state index in [1.54, 1.807) is 30.5 Å². The standard InChI is InChI=1S/C14H15BrN2O3S/c15-13-8-12(5-6-14(13)16)21(18,19)17(10-3-4-10)9-11-2-1-7-20-11/h1-2,5-8,10H,3-4,9,16H2. The Balaban J connectivity index is 1.95. The highest BCUT2D eigenvalue weighted by molar-refractivity contribution is 9.10. The third-order valence-corrected chi connectivity index (χ3v) is 6.01. The van der Waals surface area contributed by atoms with E-state index in [0.717, 1.165) is 12.8 Å². The quantitative estimate of drug-likeness (QED) is 0.820. The number of nitrogen functional groups attached to an aromatic ring is 1. The number of rotatable bonds is 5. The molecule has 3 rings (SSSR count). The monoisotopic (exact) mass is 370 g/mol. The lowest BCUT2D eigenvalue weighted by molar-refractivity contribution is 0.356. The molecule has 1 fully saturated rings. The Hall–Kier alpha value is -1.31. The van der Waals surface area contributed by atoms with Crippen LogP contribution in [0.1, 0.15) is 18.6 Å². The summed E-state index contributed by atoms with van der Waals surface area (Å²) in [6.07, 6.45) is 3.32. The summed E-state index contributed by atoms with van der Waals surface area (Å²) in [5.41, 5.74) is 6.23. The number of sulfonamides is 1. The van der Waals surface area contributed by atoms with Crippen LogP contribution in [0, 0.1) is 0 Å². The minimum atomic E-state index is -3.57. The minimum Gasteiger partial charge on any atom is -0.468 e. The maximum atomic E-state index is 12.8. The number of anilines is 1. The normalized spacial score (nSPS) is 15.5. The Morgan fingerprint density at radius 1 is 1.33 bits per heavy atom. The first kappa shape index (κ1) is 14.6. The van der Waals surface area contributed by atoms with Crippen LogP contribution in [0.2, 0.25) is 0 Å². The van der Waals surface area contributed by atoms with Crippen LogP contribution in [0.3, 0.4) is 0 Å². The zero-order valence-electron chi connectivity index (χ0n) is 11.2. The van der Waals surface area contributed by atoms with Crippen molar-refractivity contribution in [3.63, 3.8) is 0 Å². The van der Waals surface area contributed by atoms with Crippen molar-refractivity contribution in [1.29, 1.82) is 0 Å². The molecule has 1 aromatic carbocycles. The molecule has 1 aromatic heterocycles. The summed E-state index contributed by atoms with van der Waals surface area (Å²) in [6, 6.07) is 8.26. The van der Waals surface area contributed by atoms with E-state index in [1.165, 1.54) is 10.4 Å². The molecular weight excluding hydrogens is 356 g/mol. The number of nitrogens with zero attached hydrogens (tertiary/aromatic N) is 1. The molecular formula is C14H15BrN2O3S. The number of nitrogens with two attached hydrogens (primary N) is 1. The average Bonchev–Trinajstić information content (AvgIpc) is 3.15. The van der Waals surface area contributed by atoms with Gasteiger partial charge in [-0.1, -0.05) is 0 Å². The second-order valence-electron chi connectivity index (χ2n) is 5.04. The highest BCUT2D eigenvalue weighted by Gasteiger charge is 2.38.